The minimum Gasteiger partial charge on any atom is -0.489 e. The molecule has 1 unspecified atom stereocenters. The van der Waals surface area contributed by atoms with Crippen LogP contribution >= 0.6 is 0 Å². The molecule has 6 nitrogen and oxygen atoms in total. The Labute approximate surface area is 164 Å². The van der Waals surface area contributed by atoms with E-state index in [1.807, 2.05) is 36.4 Å². The van der Waals surface area contributed by atoms with Crippen molar-refractivity contribution in [3.05, 3.63) is 77.0 Å². The third-order valence-electron chi connectivity index (χ3n) is 5.30. The summed E-state index contributed by atoms with van der Waals surface area (Å²) in [4.78, 5) is 26.8. The number of rotatable bonds is 5. The van der Waals surface area contributed by atoms with Gasteiger partial charge in [-0.15, -0.1) is 0 Å². The summed E-state index contributed by atoms with van der Waals surface area (Å²) in [5.41, 5.74) is 9.87. The van der Waals surface area contributed by atoms with E-state index in [-0.39, 0.29) is 11.8 Å². The fourth-order valence-electron chi connectivity index (χ4n) is 3.71. The van der Waals surface area contributed by atoms with Gasteiger partial charge in [0.25, 0.3) is 5.91 Å². The number of ether oxygens (including phenoxy) is 1. The van der Waals surface area contributed by atoms with Crippen LogP contribution in [0.5, 0.6) is 5.75 Å². The first-order valence-electron chi connectivity index (χ1n) is 9.39. The van der Waals surface area contributed by atoms with Crippen molar-refractivity contribution in [2.24, 2.45) is 5.73 Å². The van der Waals surface area contributed by atoms with E-state index in [1.54, 1.807) is 11.0 Å². The van der Waals surface area contributed by atoms with Crippen molar-refractivity contribution in [3.8, 4) is 5.75 Å². The highest BCUT2D eigenvalue weighted by atomic mass is 16.5. The summed E-state index contributed by atoms with van der Waals surface area (Å²) in [5, 5.41) is 2.76. The van der Waals surface area contributed by atoms with Gasteiger partial charge in [-0.2, -0.15) is 0 Å². The predicted octanol–water partition coefficient (Wildman–Crippen LogP) is 2.47. The predicted molar refractivity (Wildman–Crippen MR) is 105 cm³/mol. The van der Waals surface area contributed by atoms with Crippen molar-refractivity contribution in [2.75, 3.05) is 0 Å². The fraction of sp³-hybridized carbons (Fsp3) is 0.273. The molecule has 4 rings (SSSR count). The van der Waals surface area contributed by atoms with Crippen LogP contribution in [-0.4, -0.2) is 22.8 Å². The quantitative estimate of drug-likeness (QED) is 0.838. The van der Waals surface area contributed by atoms with Gasteiger partial charge in [0.2, 0.25) is 5.91 Å². The van der Waals surface area contributed by atoms with Gasteiger partial charge in [0.05, 0.1) is 6.54 Å². The van der Waals surface area contributed by atoms with Crippen LogP contribution < -0.4 is 15.8 Å². The van der Waals surface area contributed by atoms with Crippen LogP contribution in [0.2, 0.25) is 0 Å². The molecule has 1 fully saturated rings. The monoisotopic (exact) mass is 377 g/mol. The van der Waals surface area contributed by atoms with Gasteiger partial charge in [-0.3, -0.25) is 9.59 Å². The van der Waals surface area contributed by atoms with Crippen molar-refractivity contribution < 1.29 is 14.3 Å². The summed E-state index contributed by atoms with van der Waals surface area (Å²) in [6.07, 6.45) is 1.27. The number of carbonyl (C=O) groups excluding carboxylic acids is 2. The van der Waals surface area contributed by atoms with Gasteiger partial charge in [-0.1, -0.05) is 36.9 Å². The number of hydrogen-bond acceptors (Lipinski definition) is 4. The summed E-state index contributed by atoms with van der Waals surface area (Å²) in [6, 6.07) is 12.9. The number of nitrogens with two attached hydrogens (primary N) is 1. The van der Waals surface area contributed by atoms with Crippen LogP contribution in [0.1, 0.15) is 39.9 Å². The molecule has 1 atom stereocenters. The molecule has 0 saturated carbocycles. The van der Waals surface area contributed by atoms with E-state index in [0.29, 0.717) is 49.5 Å². The van der Waals surface area contributed by atoms with Crippen LogP contribution in [0, 0.1) is 0 Å². The second-order valence-electron chi connectivity index (χ2n) is 7.17. The number of hydrogen-bond donors (Lipinski definition) is 2. The Kier molecular flexibility index (Phi) is 4.88. The van der Waals surface area contributed by atoms with Gasteiger partial charge in [0, 0.05) is 23.4 Å². The van der Waals surface area contributed by atoms with E-state index in [4.69, 9.17) is 10.5 Å². The number of amides is 2. The molecule has 0 spiro atoms. The Balaban J connectivity index is 1.50. The molecule has 28 heavy (non-hydrogen) atoms. The fourth-order valence-corrected chi connectivity index (χ4v) is 3.71. The molecule has 2 amide bonds. The van der Waals surface area contributed by atoms with Crippen molar-refractivity contribution in [3.63, 3.8) is 0 Å². The summed E-state index contributed by atoms with van der Waals surface area (Å²) < 4.78 is 6.01. The SMILES string of the molecule is C=C1CCC(N2Cc3c(OCc4ccc(CN)cc4)cccc3C2=O)C(=O)N1. The summed E-state index contributed by atoms with van der Waals surface area (Å²) in [5.74, 6) is 0.386. The van der Waals surface area contributed by atoms with Gasteiger partial charge in [-0.05, 0) is 36.1 Å². The van der Waals surface area contributed by atoms with Crippen LogP contribution in [-0.2, 0) is 24.5 Å². The van der Waals surface area contributed by atoms with Crippen molar-refractivity contribution >= 4 is 11.8 Å². The van der Waals surface area contributed by atoms with Crippen LogP contribution in [0.25, 0.3) is 0 Å². The number of carbonyl (C=O) groups is 2. The number of nitrogens with one attached hydrogen (secondary N) is 1. The van der Waals surface area contributed by atoms with Gasteiger partial charge in [0.1, 0.15) is 18.4 Å². The molecule has 2 heterocycles. The summed E-state index contributed by atoms with van der Waals surface area (Å²) in [7, 11) is 0. The van der Waals surface area contributed by atoms with Crippen LogP contribution in [0.4, 0.5) is 0 Å². The zero-order chi connectivity index (χ0) is 19.7. The maximum atomic E-state index is 12.9. The third-order valence-corrected chi connectivity index (χ3v) is 5.30. The maximum Gasteiger partial charge on any atom is 0.255 e. The van der Waals surface area contributed by atoms with E-state index in [0.717, 1.165) is 16.7 Å². The first-order chi connectivity index (χ1) is 13.6. The summed E-state index contributed by atoms with van der Waals surface area (Å²) >= 11 is 0. The Morgan fingerprint density at radius 3 is 2.61 bits per heavy atom. The van der Waals surface area contributed by atoms with Crippen molar-refractivity contribution in [1.82, 2.24) is 10.2 Å². The molecule has 1 saturated heterocycles. The third kappa shape index (κ3) is 3.39. The number of piperidine rings is 1. The van der Waals surface area contributed by atoms with Gasteiger partial charge < -0.3 is 20.7 Å². The largest absolute Gasteiger partial charge is 0.489 e. The highest BCUT2D eigenvalue weighted by molar-refractivity contribution is 6.02. The number of benzene rings is 2. The van der Waals surface area contributed by atoms with E-state index in [2.05, 4.69) is 11.9 Å². The second kappa shape index (κ2) is 7.48. The Hall–Kier alpha value is -3.12. The highest BCUT2D eigenvalue weighted by Crippen LogP contribution is 2.34. The molecule has 2 aromatic carbocycles. The molecule has 144 valence electrons. The molecule has 6 heteroatoms. The lowest BCUT2D eigenvalue weighted by Crippen LogP contribution is -2.49. The van der Waals surface area contributed by atoms with Crippen LogP contribution in [0.15, 0.2) is 54.7 Å². The minimum atomic E-state index is -0.470. The van der Waals surface area contributed by atoms with Gasteiger partial charge in [-0.25, -0.2) is 0 Å². The standard InChI is InChI=1S/C22H23N3O3/c1-14-5-10-19(21(26)24-14)25-12-18-17(22(25)27)3-2-4-20(18)28-13-16-8-6-15(11-23)7-9-16/h2-4,6-9,19H,1,5,10-13,23H2,(H,24,26). The van der Waals surface area contributed by atoms with Gasteiger partial charge in [0.15, 0.2) is 0 Å². The number of allylic oxidation sites excluding steroid dienone is 1. The van der Waals surface area contributed by atoms with E-state index >= 15 is 0 Å². The smallest absolute Gasteiger partial charge is 0.255 e. The molecule has 2 aliphatic heterocycles. The van der Waals surface area contributed by atoms with Crippen molar-refractivity contribution in [1.29, 1.82) is 0 Å². The zero-order valence-corrected chi connectivity index (χ0v) is 15.6. The average Bonchev–Trinajstić information content (AvgIpc) is 3.04. The van der Waals surface area contributed by atoms with E-state index in [9.17, 15) is 9.59 Å². The Morgan fingerprint density at radius 2 is 1.89 bits per heavy atom. The molecule has 0 aromatic heterocycles. The summed E-state index contributed by atoms with van der Waals surface area (Å²) in [6.45, 7) is 5.09. The highest BCUT2D eigenvalue weighted by Gasteiger charge is 2.39. The first kappa shape index (κ1) is 18.3. The van der Waals surface area contributed by atoms with Gasteiger partial charge >= 0.3 is 0 Å². The minimum absolute atomic E-state index is 0.125. The second-order valence-corrected chi connectivity index (χ2v) is 7.17. The molecule has 0 bridgehead atoms. The molecule has 2 aliphatic rings. The number of fused-ring (bicyclic) bond motifs is 1. The lowest BCUT2D eigenvalue weighted by Gasteiger charge is -2.31. The first-order valence-corrected chi connectivity index (χ1v) is 9.39. The topological polar surface area (TPSA) is 84.7 Å². The molecule has 2 aromatic rings. The maximum absolute atomic E-state index is 12.9. The average molecular weight is 377 g/mol. The molecule has 0 radical (unpaired) electrons. The lowest BCUT2D eigenvalue weighted by atomic mass is 10.0. The van der Waals surface area contributed by atoms with E-state index in [1.165, 1.54) is 0 Å². The molecule has 3 N–H and O–H groups in total. The molecule has 0 aliphatic carbocycles. The number of nitrogens with zero attached hydrogens (tertiary/aromatic N) is 1. The Morgan fingerprint density at radius 1 is 1.14 bits per heavy atom. The van der Waals surface area contributed by atoms with Crippen LogP contribution in [0.3, 0.4) is 0 Å². The normalized spacial score (nSPS) is 18.8. The lowest BCUT2D eigenvalue weighted by molar-refractivity contribution is -0.126. The van der Waals surface area contributed by atoms with Crippen molar-refractivity contribution in [2.45, 2.75) is 38.6 Å². The molecular formula is C22H23N3O3. The van der Waals surface area contributed by atoms with E-state index < -0.39 is 6.04 Å². The Bertz CT molecular complexity index is 937. The molecular weight excluding hydrogens is 354 g/mol. The zero-order valence-electron chi connectivity index (χ0n) is 15.6.